The minimum absolute atomic E-state index is 0.220. The van der Waals surface area contributed by atoms with Crippen LogP contribution in [0.1, 0.15) is 12.8 Å². The Bertz CT molecular complexity index is 469. The maximum absolute atomic E-state index is 4.68. The summed E-state index contributed by atoms with van der Waals surface area (Å²) in [6.45, 7) is 0. The van der Waals surface area contributed by atoms with Crippen LogP contribution in [0.25, 0.3) is 0 Å². The van der Waals surface area contributed by atoms with Crippen molar-refractivity contribution >= 4 is 35.4 Å². The van der Waals surface area contributed by atoms with Gasteiger partial charge in [-0.2, -0.15) is 0 Å². The van der Waals surface area contributed by atoms with E-state index in [1.54, 1.807) is 4.30 Å². The van der Waals surface area contributed by atoms with Gasteiger partial charge in [0.2, 0.25) is 0 Å². The molecule has 0 amide bonds. The summed E-state index contributed by atoms with van der Waals surface area (Å²) in [7, 11) is 0. The molecule has 0 bridgehead atoms. The average molecular weight is 243 g/mol. The molecule has 1 heterocycles. The summed E-state index contributed by atoms with van der Waals surface area (Å²) in [4.78, 5) is 4.68. The number of allylic oxidation sites excluding steroid dienone is 2. The Balaban J connectivity index is 2.20. The minimum atomic E-state index is 0.220. The molecule has 0 radical (unpaired) electrons. The van der Waals surface area contributed by atoms with Crippen LogP contribution in [0.3, 0.4) is 0 Å². The zero-order valence-corrected chi connectivity index (χ0v) is 9.65. The van der Waals surface area contributed by atoms with Gasteiger partial charge in [0.25, 0.3) is 0 Å². The fraction of sp³-hybridized carbons (Fsp3) is 0.167. The summed E-state index contributed by atoms with van der Waals surface area (Å²) in [5.74, 6) is 0. The zero-order valence-electron chi connectivity index (χ0n) is 7.77. The molecule has 3 rings (SSSR count). The van der Waals surface area contributed by atoms with Gasteiger partial charge in [0.1, 0.15) is 0 Å². The molecule has 68 valence electrons. The van der Waals surface area contributed by atoms with E-state index in [0.717, 1.165) is 0 Å². The summed E-state index contributed by atoms with van der Waals surface area (Å²) in [6, 6.07) is 8.54. The molecule has 0 saturated heterocycles. The average Bonchev–Trinajstić information content (AvgIpc) is 2.26. The van der Waals surface area contributed by atoms with Gasteiger partial charge in [-0.1, -0.05) is 0 Å². The summed E-state index contributed by atoms with van der Waals surface area (Å²) in [6.07, 6.45) is 6.84. The van der Waals surface area contributed by atoms with Gasteiger partial charge in [0, 0.05) is 0 Å². The van der Waals surface area contributed by atoms with Gasteiger partial charge in [0.15, 0.2) is 0 Å². The molecule has 1 aliphatic carbocycles. The van der Waals surface area contributed by atoms with Crippen LogP contribution >= 0.6 is 0 Å². The van der Waals surface area contributed by atoms with Crippen LogP contribution in [0.4, 0.5) is 5.69 Å². The second kappa shape index (κ2) is 3.33. The van der Waals surface area contributed by atoms with Gasteiger partial charge < -0.3 is 0 Å². The van der Waals surface area contributed by atoms with Crippen molar-refractivity contribution in [2.24, 2.45) is 4.99 Å². The Hall–Kier alpha value is -0.942. The summed E-state index contributed by atoms with van der Waals surface area (Å²) >= 11 is 0.220. The maximum atomic E-state index is 4.68. The molecule has 0 atom stereocenters. The second-order valence-electron chi connectivity index (χ2n) is 3.49. The fourth-order valence-electron chi connectivity index (χ4n) is 1.78. The van der Waals surface area contributed by atoms with Crippen LogP contribution in [0.5, 0.6) is 0 Å². The second-order valence-corrected chi connectivity index (χ2v) is 6.10. The van der Waals surface area contributed by atoms with E-state index in [1.807, 2.05) is 0 Å². The van der Waals surface area contributed by atoms with Crippen molar-refractivity contribution in [2.45, 2.75) is 12.8 Å². The van der Waals surface area contributed by atoms with E-state index in [1.165, 1.54) is 28.6 Å². The number of aliphatic imine (C=N–C) groups is 1. The van der Waals surface area contributed by atoms with E-state index >= 15 is 0 Å². The van der Waals surface area contributed by atoms with Crippen LogP contribution in [-0.4, -0.2) is 25.3 Å². The molecular weight excluding hydrogens is 233 g/mol. The Morgan fingerprint density at radius 2 is 2.14 bits per heavy atom. The van der Waals surface area contributed by atoms with Crippen LogP contribution in [0.2, 0.25) is 0 Å². The van der Waals surface area contributed by atoms with Gasteiger partial charge in [-0.25, -0.2) is 0 Å². The number of benzene rings is 1. The van der Waals surface area contributed by atoms with E-state index in [2.05, 4.69) is 41.4 Å². The molecule has 1 aromatic carbocycles. The molecule has 1 aromatic rings. The number of rotatable bonds is 0. The van der Waals surface area contributed by atoms with Crippen molar-refractivity contribution in [3.8, 4) is 0 Å². The Morgan fingerprint density at radius 1 is 1.21 bits per heavy atom. The predicted molar refractivity (Wildman–Crippen MR) is 62.3 cm³/mol. The molecule has 1 aliphatic heterocycles. The molecule has 0 spiro atoms. The van der Waals surface area contributed by atoms with E-state index < -0.39 is 0 Å². The van der Waals surface area contributed by atoms with Crippen LogP contribution in [-0.2, 0) is 0 Å². The predicted octanol–water partition coefficient (Wildman–Crippen LogP) is 1.62. The monoisotopic (exact) mass is 243 g/mol. The van der Waals surface area contributed by atoms with Gasteiger partial charge in [-0.05, 0) is 0 Å². The number of hydrogen-bond acceptors (Lipinski definition) is 1. The zero-order chi connectivity index (χ0) is 9.38. The first kappa shape index (κ1) is 8.37. The van der Waals surface area contributed by atoms with E-state index in [0.29, 0.717) is 0 Å². The topological polar surface area (TPSA) is 12.4 Å². The van der Waals surface area contributed by atoms with Crippen molar-refractivity contribution < 1.29 is 0 Å². The van der Waals surface area contributed by atoms with Crippen LogP contribution in [0.15, 0.2) is 41.4 Å². The molecule has 0 fully saturated rings. The summed E-state index contributed by atoms with van der Waals surface area (Å²) in [5.41, 5.74) is 2.44. The quantitative estimate of drug-likeness (QED) is 0.614. The van der Waals surface area contributed by atoms with E-state index in [4.69, 9.17) is 0 Å². The normalized spacial score (nSPS) is 19.1. The molecular formula is C12H10AsN. The fourth-order valence-corrected chi connectivity index (χ4v) is 4.24. The van der Waals surface area contributed by atoms with Gasteiger partial charge in [-0.15, -0.1) is 0 Å². The van der Waals surface area contributed by atoms with Gasteiger partial charge in [-0.3, -0.25) is 0 Å². The van der Waals surface area contributed by atoms with Gasteiger partial charge >= 0.3 is 89.6 Å². The molecule has 0 unspecified atom stereocenters. The van der Waals surface area contributed by atoms with Gasteiger partial charge in [0.05, 0.1) is 0 Å². The Kier molecular flexibility index (Phi) is 1.99. The summed E-state index contributed by atoms with van der Waals surface area (Å²) < 4.78 is 3.07. The number of para-hydroxylation sites is 1. The molecule has 14 heavy (non-hydrogen) atoms. The van der Waals surface area contributed by atoms with Crippen LogP contribution < -0.4 is 4.35 Å². The number of fused-ring (bicyclic) bond motifs is 2. The Labute approximate surface area is 89.8 Å². The van der Waals surface area contributed by atoms with E-state index in [9.17, 15) is 0 Å². The van der Waals surface area contributed by atoms with E-state index in [-0.39, 0.29) is 15.3 Å². The first-order chi connectivity index (χ1) is 6.93. The molecule has 0 N–H and O–H groups in total. The SMILES string of the molecule is C1=CC2=Nc3ccccc3[As]=C2CC1. The summed E-state index contributed by atoms with van der Waals surface area (Å²) in [5, 5.41) is 0. The van der Waals surface area contributed by atoms with Crippen molar-refractivity contribution in [1.82, 2.24) is 0 Å². The number of nitrogens with zero attached hydrogens (tertiary/aromatic N) is 1. The third kappa shape index (κ3) is 1.32. The van der Waals surface area contributed by atoms with Crippen molar-refractivity contribution in [3.63, 3.8) is 0 Å². The molecule has 2 heteroatoms. The number of hydrogen-bond donors (Lipinski definition) is 0. The Morgan fingerprint density at radius 3 is 3.14 bits per heavy atom. The van der Waals surface area contributed by atoms with Crippen molar-refractivity contribution in [1.29, 1.82) is 0 Å². The van der Waals surface area contributed by atoms with Crippen LogP contribution in [0, 0.1) is 0 Å². The van der Waals surface area contributed by atoms with Crippen molar-refractivity contribution in [2.75, 3.05) is 0 Å². The first-order valence-corrected chi connectivity index (χ1v) is 6.73. The molecule has 0 saturated carbocycles. The first-order valence-electron chi connectivity index (χ1n) is 4.86. The molecule has 2 aliphatic rings. The third-order valence-electron chi connectivity index (χ3n) is 2.50. The molecule has 1 nitrogen and oxygen atoms in total. The van der Waals surface area contributed by atoms with Crippen molar-refractivity contribution in [3.05, 3.63) is 36.4 Å². The molecule has 0 aromatic heterocycles. The third-order valence-corrected chi connectivity index (χ3v) is 5.31. The standard InChI is InChI=1S/C12H10AsN/c1-3-7-11-9(5-1)13-10-6-2-4-8-12(10)14-11/h1,3-5,7-8H,2,6H2.